The van der Waals surface area contributed by atoms with Crippen LogP contribution < -0.4 is 10.6 Å². The number of nitrogens with zero attached hydrogens (tertiary/aromatic N) is 1. The van der Waals surface area contributed by atoms with E-state index in [9.17, 15) is 19.3 Å². The fraction of sp³-hybridized carbons (Fsp3) is 0.364. The maximum absolute atomic E-state index is 13.6. The number of nitro groups is 1. The molecular formula is C11H12FN3O3. The molecule has 7 heteroatoms. The topological polar surface area (TPSA) is 84.3 Å². The van der Waals surface area contributed by atoms with Crippen LogP contribution in [-0.2, 0) is 4.79 Å². The maximum atomic E-state index is 13.6. The second-order valence-corrected chi connectivity index (χ2v) is 4.05. The largest absolute Gasteiger partial charge is 0.371 e. The highest BCUT2D eigenvalue weighted by Gasteiger charge is 2.23. The van der Waals surface area contributed by atoms with Gasteiger partial charge in [-0.15, -0.1) is 0 Å². The zero-order valence-electron chi connectivity index (χ0n) is 9.48. The van der Waals surface area contributed by atoms with Crippen molar-refractivity contribution < 1.29 is 14.1 Å². The molecule has 96 valence electrons. The Hall–Kier alpha value is -2.18. The fourth-order valence-electron chi connectivity index (χ4n) is 1.83. The Bertz CT molecular complexity index is 492. The van der Waals surface area contributed by atoms with Crippen molar-refractivity contribution in [2.24, 2.45) is 0 Å². The Morgan fingerprint density at radius 1 is 1.50 bits per heavy atom. The van der Waals surface area contributed by atoms with E-state index in [4.69, 9.17) is 0 Å². The lowest BCUT2D eigenvalue weighted by Crippen LogP contribution is -2.44. The van der Waals surface area contributed by atoms with Gasteiger partial charge in [-0.3, -0.25) is 14.9 Å². The number of benzene rings is 1. The van der Waals surface area contributed by atoms with Crippen LogP contribution in [0.3, 0.4) is 0 Å². The average molecular weight is 253 g/mol. The van der Waals surface area contributed by atoms with Gasteiger partial charge in [-0.1, -0.05) is 0 Å². The lowest BCUT2D eigenvalue weighted by Gasteiger charge is -2.23. The number of amides is 1. The van der Waals surface area contributed by atoms with E-state index in [1.54, 1.807) is 0 Å². The van der Waals surface area contributed by atoms with Gasteiger partial charge in [0.2, 0.25) is 5.91 Å². The predicted octanol–water partition coefficient (Wildman–Crippen LogP) is 1.42. The number of nitro benzene ring substituents is 1. The van der Waals surface area contributed by atoms with Crippen LogP contribution in [0.4, 0.5) is 15.8 Å². The summed E-state index contributed by atoms with van der Waals surface area (Å²) in [4.78, 5) is 21.3. The first-order valence-electron chi connectivity index (χ1n) is 5.56. The van der Waals surface area contributed by atoms with Crippen LogP contribution in [0.5, 0.6) is 0 Å². The molecule has 0 saturated carbocycles. The molecular weight excluding hydrogens is 241 g/mol. The molecule has 0 bridgehead atoms. The molecule has 2 rings (SSSR count). The highest BCUT2D eigenvalue weighted by atomic mass is 19.1. The third-order valence-corrected chi connectivity index (χ3v) is 2.78. The number of piperidine rings is 1. The Morgan fingerprint density at radius 2 is 2.28 bits per heavy atom. The molecule has 1 aromatic carbocycles. The summed E-state index contributed by atoms with van der Waals surface area (Å²) in [5.41, 5.74) is -0.214. The summed E-state index contributed by atoms with van der Waals surface area (Å²) in [6.07, 6.45) is 1.43. The van der Waals surface area contributed by atoms with Crippen molar-refractivity contribution in [3.05, 3.63) is 34.1 Å². The first kappa shape index (κ1) is 12.3. The highest BCUT2D eigenvalue weighted by molar-refractivity contribution is 5.85. The molecule has 1 unspecified atom stereocenters. The molecule has 1 aliphatic rings. The summed E-state index contributed by atoms with van der Waals surface area (Å²) in [5.74, 6) is -0.915. The zero-order valence-corrected chi connectivity index (χ0v) is 9.48. The van der Waals surface area contributed by atoms with Crippen molar-refractivity contribution in [2.45, 2.75) is 18.9 Å². The van der Waals surface area contributed by atoms with Crippen LogP contribution in [0.1, 0.15) is 12.8 Å². The predicted molar refractivity (Wildman–Crippen MR) is 62.7 cm³/mol. The van der Waals surface area contributed by atoms with E-state index in [0.29, 0.717) is 13.0 Å². The summed E-state index contributed by atoms with van der Waals surface area (Å²) in [6, 6.07) is 2.82. The first-order chi connectivity index (χ1) is 8.58. The normalized spacial score (nSPS) is 19.2. The summed E-state index contributed by atoms with van der Waals surface area (Å²) < 4.78 is 13.6. The van der Waals surface area contributed by atoms with Crippen molar-refractivity contribution in [1.82, 2.24) is 5.32 Å². The molecule has 1 fully saturated rings. The minimum atomic E-state index is -0.734. The molecule has 0 radical (unpaired) electrons. The van der Waals surface area contributed by atoms with Crippen molar-refractivity contribution in [3.63, 3.8) is 0 Å². The van der Waals surface area contributed by atoms with Crippen LogP contribution in [0.25, 0.3) is 0 Å². The van der Waals surface area contributed by atoms with Crippen molar-refractivity contribution in [2.75, 3.05) is 11.9 Å². The number of carbonyl (C=O) groups is 1. The first-order valence-corrected chi connectivity index (χ1v) is 5.56. The number of anilines is 1. The van der Waals surface area contributed by atoms with Crippen LogP contribution in [0.15, 0.2) is 18.2 Å². The molecule has 0 spiro atoms. The number of non-ortho nitro benzene ring substituents is 1. The van der Waals surface area contributed by atoms with Gasteiger partial charge in [0.1, 0.15) is 6.04 Å². The molecule has 18 heavy (non-hydrogen) atoms. The van der Waals surface area contributed by atoms with Gasteiger partial charge in [0.15, 0.2) is 5.82 Å². The van der Waals surface area contributed by atoms with Crippen molar-refractivity contribution >= 4 is 17.3 Å². The maximum Gasteiger partial charge on any atom is 0.272 e. The van der Waals surface area contributed by atoms with E-state index >= 15 is 0 Å². The average Bonchev–Trinajstić information content (AvgIpc) is 2.34. The molecule has 1 amide bonds. The van der Waals surface area contributed by atoms with Crippen LogP contribution in [0, 0.1) is 15.9 Å². The van der Waals surface area contributed by atoms with E-state index < -0.39 is 16.8 Å². The number of rotatable bonds is 3. The number of halogens is 1. The van der Waals surface area contributed by atoms with Gasteiger partial charge in [-0.2, -0.15) is 0 Å². The number of hydrogen-bond acceptors (Lipinski definition) is 4. The molecule has 1 saturated heterocycles. The molecule has 1 atom stereocenters. The third-order valence-electron chi connectivity index (χ3n) is 2.78. The van der Waals surface area contributed by atoms with Gasteiger partial charge in [0.25, 0.3) is 5.69 Å². The molecule has 0 aromatic heterocycles. The number of hydrogen-bond donors (Lipinski definition) is 2. The van der Waals surface area contributed by atoms with Crippen molar-refractivity contribution in [3.8, 4) is 0 Å². The molecule has 0 aliphatic carbocycles. The van der Waals surface area contributed by atoms with Gasteiger partial charge in [0.05, 0.1) is 16.7 Å². The fourth-order valence-corrected chi connectivity index (χ4v) is 1.83. The van der Waals surface area contributed by atoms with E-state index in [1.807, 2.05) is 0 Å². The van der Waals surface area contributed by atoms with Crippen molar-refractivity contribution in [1.29, 1.82) is 0 Å². The van der Waals surface area contributed by atoms with Crippen LogP contribution >= 0.6 is 0 Å². The van der Waals surface area contributed by atoms with Gasteiger partial charge in [-0.05, 0) is 18.9 Å². The van der Waals surface area contributed by atoms with Gasteiger partial charge in [-0.25, -0.2) is 4.39 Å². The molecule has 1 aromatic rings. The second kappa shape index (κ2) is 4.99. The Morgan fingerprint density at radius 3 is 2.89 bits per heavy atom. The monoisotopic (exact) mass is 253 g/mol. The van der Waals surface area contributed by atoms with E-state index in [2.05, 4.69) is 10.6 Å². The zero-order chi connectivity index (χ0) is 13.1. The Labute approximate surface area is 102 Å². The van der Waals surface area contributed by atoms with Crippen LogP contribution in [0.2, 0.25) is 0 Å². The van der Waals surface area contributed by atoms with Gasteiger partial charge >= 0.3 is 0 Å². The summed E-state index contributed by atoms with van der Waals surface area (Å²) >= 11 is 0. The third kappa shape index (κ3) is 2.55. The standard InChI is InChI=1S/C11H12FN3O3/c12-8-6-7(15(17)18)3-4-9(8)14-10-2-1-5-13-11(10)16/h3-4,6,10,14H,1-2,5H2,(H,13,16). The highest BCUT2D eigenvalue weighted by Crippen LogP contribution is 2.22. The SMILES string of the molecule is O=C1NCCCC1Nc1ccc([N+](=O)[O-])cc1F. The minimum absolute atomic E-state index is 0.0997. The molecule has 1 heterocycles. The lowest BCUT2D eigenvalue weighted by molar-refractivity contribution is -0.385. The van der Waals surface area contributed by atoms with Gasteiger partial charge < -0.3 is 10.6 Å². The van der Waals surface area contributed by atoms with E-state index in [-0.39, 0.29) is 17.3 Å². The summed E-state index contributed by atoms with van der Waals surface area (Å²) in [6.45, 7) is 0.625. The van der Waals surface area contributed by atoms with E-state index in [0.717, 1.165) is 12.5 Å². The smallest absolute Gasteiger partial charge is 0.272 e. The molecule has 6 nitrogen and oxygen atoms in total. The lowest BCUT2D eigenvalue weighted by atomic mass is 10.1. The molecule has 2 N–H and O–H groups in total. The summed E-state index contributed by atoms with van der Waals surface area (Å²) in [5, 5.41) is 15.9. The second-order valence-electron chi connectivity index (χ2n) is 4.05. The number of carbonyl (C=O) groups excluding carboxylic acids is 1. The quantitative estimate of drug-likeness (QED) is 0.630. The van der Waals surface area contributed by atoms with Crippen LogP contribution in [-0.4, -0.2) is 23.4 Å². The van der Waals surface area contributed by atoms with Gasteiger partial charge in [0, 0.05) is 12.6 Å². The summed E-state index contributed by atoms with van der Waals surface area (Å²) in [7, 11) is 0. The molecule has 1 aliphatic heterocycles. The number of nitrogens with one attached hydrogen (secondary N) is 2. The Kier molecular flexibility index (Phi) is 3.40. The minimum Gasteiger partial charge on any atom is -0.371 e. The van der Waals surface area contributed by atoms with E-state index in [1.165, 1.54) is 12.1 Å². The Balaban J connectivity index is 2.14.